The molecule has 0 amide bonds. The highest BCUT2D eigenvalue weighted by Gasteiger charge is 2.18. The van der Waals surface area contributed by atoms with Crippen LogP contribution in [0.4, 0.5) is 0 Å². The van der Waals surface area contributed by atoms with Crippen LogP contribution in [0.25, 0.3) is 10.9 Å². The van der Waals surface area contributed by atoms with Gasteiger partial charge < -0.3 is 14.2 Å². The number of carbonyl (C=O) groups excluding carboxylic acids is 1. The van der Waals surface area contributed by atoms with Gasteiger partial charge >= 0.3 is 5.97 Å². The molecule has 9 heteroatoms. The van der Waals surface area contributed by atoms with Gasteiger partial charge in [-0.3, -0.25) is 4.79 Å². The van der Waals surface area contributed by atoms with Gasteiger partial charge in [0, 0.05) is 10.9 Å². The van der Waals surface area contributed by atoms with E-state index in [0.717, 1.165) is 17.3 Å². The van der Waals surface area contributed by atoms with Gasteiger partial charge in [0.1, 0.15) is 5.82 Å². The largest absolute Gasteiger partial charge is 0.490 e. The summed E-state index contributed by atoms with van der Waals surface area (Å²) in [5, 5.41) is 4.97. The number of nitrogens with zero attached hydrogens (tertiary/aromatic N) is 3. The molecule has 3 aromatic rings. The van der Waals surface area contributed by atoms with Crippen LogP contribution in [0.1, 0.15) is 51.9 Å². The number of ether oxygens (including phenoxy) is 3. The summed E-state index contributed by atoms with van der Waals surface area (Å²) in [7, 11) is 0. The van der Waals surface area contributed by atoms with Crippen molar-refractivity contribution in [1.29, 1.82) is 0 Å². The van der Waals surface area contributed by atoms with E-state index >= 15 is 0 Å². The highest BCUT2D eigenvalue weighted by atomic mass is 79.9. The predicted octanol–water partition coefficient (Wildman–Crippen LogP) is 5.11. The summed E-state index contributed by atoms with van der Waals surface area (Å²) in [5.41, 5.74) is 1.12. The number of carbonyl (C=O) groups is 1. The molecular weight excluding hydrogens is 514 g/mol. The smallest absolute Gasteiger partial charge is 0.347 e. The molecule has 8 nitrogen and oxygen atoms in total. The molecule has 0 aliphatic heterocycles. The minimum Gasteiger partial charge on any atom is -0.490 e. The van der Waals surface area contributed by atoms with Gasteiger partial charge in [0.05, 0.1) is 30.3 Å². The minimum atomic E-state index is -0.781. The maximum atomic E-state index is 13.2. The zero-order chi connectivity index (χ0) is 25.4. The third-order valence-electron chi connectivity index (χ3n) is 5.14. The van der Waals surface area contributed by atoms with Gasteiger partial charge in [0.15, 0.2) is 17.6 Å². The summed E-state index contributed by atoms with van der Waals surface area (Å²) in [6, 6.07) is 10.7. The monoisotopic (exact) mass is 543 g/mol. The Morgan fingerprint density at radius 2 is 1.94 bits per heavy atom. The number of aryl methyl sites for hydroxylation is 1. The first-order valence-electron chi connectivity index (χ1n) is 11.7. The lowest BCUT2D eigenvalue weighted by atomic mass is 10.2. The molecule has 0 saturated carbocycles. The van der Waals surface area contributed by atoms with Crippen LogP contribution in [0.15, 0.2) is 50.8 Å². The van der Waals surface area contributed by atoms with Gasteiger partial charge in [-0.05, 0) is 69.2 Å². The second-order valence-corrected chi connectivity index (χ2v) is 8.72. The molecule has 186 valence electrons. The lowest BCUT2D eigenvalue weighted by Gasteiger charge is -2.16. The average Bonchev–Trinajstić information content (AvgIpc) is 2.84. The van der Waals surface area contributed by atoms with E-state index in [0.29, 0.717) is 46.8 Å². The molecule has 0 aliphatic rings. The molecular formula is C26H30BrN3O5. The summed E-state index contributed by atoms with van der Waals surface area (Å²) in [5.74, 6) is 1.04. The number of unbranched alkanes of at least 4 members (excludes halogenated alkanes) is 1. The number of fused-ring (bicyclic) bond motifs is 1. The van der Waals surface area contributed by atoms with Crippen molar-refractivity contribution in [3.63, 3.8) is 0 Å². The molecule has 0 radical (unpaired) electrons. The summed E-state index contributed by atoms with van der Waals surface area (Å²) < 4.78 is 18.6. The fraction of sp³-hybridized carbons (Fsp3) is 0.385. The van der Waals surface area contributed by atoms with E-state index in [4.69, 9.17) is 19.2 Å². The third kappa shape index (κ3) is 6.69. The number of benzene rings is 2. The molecule has 0 saturated heterocycles. The van der Waals surface area contributed by atoms with Crippen LogP contribution in [0.2, 0.25) is 0 Å². The van der Waals surface area contributed by atoms with Crippen molar-refractivity contribution < 1.29 is 19.0 Å². The first-order valence-corrected chi connectivity index (χ1v) is 12.5. The molecule has 2 aromatic carbocycles. The SMILES string of the molecule is CCCCc1nc2ccc(Br)cc2c(=O)n1N=Cc1ccc(O[C@H](C)C(=O)OCC)c(OCC)c1. The summed E-state index contributed by atoms with van der Waals surface area (Å²) in [4.78, 5) is 29.9. The van der Waals surface area contributed by atoms with Gasteiger partial charge in [-0.2, -0.15) is 9.78 Å². The molecule has 1 heterocycles. The Bertz CT molecular complexity index is 1270. The van der Waals surface area contributed by atoms with Crippen molar-refractivity contribution in [2.45, 2.75) is 53.1 Å². The Labute approximate surface area is 213 Å². The Morgan fingerprint density at radius 1 is 1.14 bits per heavy atom. The molecule has 0 bridgehead atoms. The maximum absolute atomic E-state index is 13.2. The molecule has 0 fully saturated rings. The molecule has 0 unspecified atom stereocenters. The standard InChI is InChI=1S/C26H30BrN3O5/c1-5-8-9-24-29-21-12-11-19(27)15-20(21)25(31)30(24)28-16-18-10-13-22(23(14-18)33-6-2)35-17(4)26(32)34-7-3/h10-17H,5-9H2,1-4H3/t17-/m1/s1. The number of hydrogen-bond donors (Lipinski definition) is 0. The molecule has 0 N–H and O–H groups in total. The molecule has 0 spiro atoms. The van der Waals surface area contributed by atoms with Crippen LogP contribution in [0.3, 0.4) is 0 Å². The summed E-state index contributed by atoms with van der Waals surface area (Å²) >= 11 is 3.42. The Balaban J connectivity index is 1.96. The summed E-state index contributed by atoms with van der Waals surface area (Å²) in [6.07, 6.45) is 3.31. The number of halogens is 1. The fourth-order valence-corrected chi connectivity index (χ4v) is 3.76. The van der Waals surface area contributed by atoms with Crippen LogP contribution in [0.5, 0.6) is 11.5 Å². The Morgan fingerprint density at radius 3 is 2.66 bits per heavy atom. The quantitative estimate of drug-likeness (QED) is 0.246. The van der Waals surface area contributed by atoms with E-state index in [2.05, 4.69) is 28.0 Å². The summed E-state index contributed by atoms with van der Waals surface area (Å²) in [6.45, 7) is 8.00. The van der Waals surface area contributed by atoms with E-state index in [9.17, 15) is 9.59 Å². The minimum absolute atomic E-state index is 0.230. The van der Waals surface area contributed by atoms with E-state index in [-0.39, 0.29) is 12.2 Å². The van der Waals surface area contributed by atoms with Crippen molar-refractivity contribution >= 4 is 39.0 Å². The van der Waals surface area contributed by atoms with Gasteiger partial charge in [0.25, 0.3) is 5.56 Å². The highest BCUT2D eigenvalue weighted by molar-refractivity contribution is 9.10. The first-order chi connectivity index (χ1) is 16.9. The van der Waals surface area contributed by atoms with Crippen LogP contribution in [0, 0.1) is 0 Å². The molecule has 0 aliphatic carbocycles. The second-order valence-electron chi connectivity index (χ2n) is 7.81. The van der Waals surface area contributed by atoms with Gasteiger partial charge in [-0.1, -0.05) is 29.3 Å². The van der Waals surface area contributed by atoms with E-state index in [1.165, 1.54) is 4.68 Å². The van der Waals surface area contributed by atoms with Gasteiger partial charge in [-0.25, -0.2) is 9.78 Å². The topological polar surface area (TPSA) is 92.0 Å². The van der Waals surface area contributed by atoms with Crippen molar-refractivity contribution in [2.75, 3.05) is 13.2 Å². The predicted molar refractivity (Wildman–Crippen MR) is 140 cm³/mol. The molecule has 35 heavy (non-hydrogen) atoms. The normalized spacial score (nSPS) is 12.1. The Kier molecular flexibility index (Phi) is 9.42. The zero-order valence-electron chi connectivity index (χ0n) is 20.4. The number of aromatic nitrogens is 2. The first kappa shape index (κ1) is 26.4. The lowest BCUT2D eigenvalue weighted by molar-refractivity contribution is -0.150. The van der Waals surface area contributed by atoms with Gasteiger partial charge in [0.2, 0.25) is 0 Å². The Hall–Kier alpha value is -3.20. The van der Waals surface area contributed by atoms with Crippen molar-refractivity contribution in [3.8, 4) is 11.5 Å². The van der Waals surface area contributed by atoms with E-state index < -0.39 is 12.1 Å². The van der Waals surface area contributed by atoms with Crippen LogP contribution >= 0.6 is 15.9 Å². The molecule has 1 atom stereocenters. The third-order valence-corrected chi connectivity index (χ3v) is 5.63. The van der Waals surface area contributed by atoms with Crippen LogP contribution in [-0.2, 0) is 16.0 Å². The van der Waals surface area contributed by atoms with Crippen LogP contribution in [-0.4, -0.2) is 41.2 Å². The number of rotatable bonds is 11. The number of esters is 1. The maximum Gasteiger partial charge on any atom is 0.347 e. The lowest BCUT2D eigenvalue weighted by Crippen LogP contribution is -2.26. The highest BCUT2D eigenvalue weighted by Crippen LogP contribution is 2.29. The fourth-order valence-electron chi connectivity index (χ4n) is 3.40. The van der Waals surface area contributed by atoms with Gasteiger partial charge in [-0.15, -0.1) is 0 Å². The van der Waals surface area contributed by atoms with Crippen molar-refractivity contribution in [2.24, 2.45) is 5.10 Å². The zero-order valence-corrected chi connectivity index (χ0v) is 22.0. The molecule has 1 aromatic heterocycles. The number of hydrogen-bond acceptors (Lipinski definition) is 7. The van der Waals surface area contributed by atoms with E-state index in [1.807, 2.05) is 19.1 Å². The average molecular weight is 544 g/mol. The van der Waals surface area contributed by atoms with Crippen molar-refractivity contribution in [1.82, 2.24) is 9.66 Å². The van der Waals surface area contributed by atoms with Crippen molar-refractivity contribution in [3.05, 3.63) is 62.6 Å². The molecule has 3 rings (SSSR count). The second kappa shape index (κ2) is 12.5. The van der Waals surface area contributed by atoms with E-state index in [1.54, 1.807) is 44.3 Å². The van der Waals surface area contributed by atoms with Crippen LogP contribution < -0.4 is 15.0 Å².